The Kier molecular flexibility index (Phi) is 7.20. The highest BCUT2D eigenvalue weighted by Gasteiger charge is 2.10. The molecule has 0 spiro atoms. The first-order valence-corrected chi connectivity index (χ1v) is 8.64. The Labute approximate surface area is 153 Å². The number of nitrogens with one attached hydrogen (secondary N) is 2. The van der Waals surface area contributed by atoms with E-state index in [1.807, 2.05) is 32.0 Å². The van der Waals surface area contributed by atoms with Crippen LogP contribution in [0.3, 0.4) is 0 Å². The average Bonchev–Trinajstić information content (AvgIpc) is 3.04. The lowest BCUT2D eigenvalue weighted by Gasteiger charge is -2.11. The molecule has 0 unspecified atom stereocenters. The first-order chi connectivity index (χ1) is 12.5. The molecular weight excluding hydrogens is 334 g/mol. The summed E-state index contributed by atoms with van der Waals surface area (Å²) < 4.78 is 10.6. The van der Waals surface area contributed by atoms with Crippen molar-refractivity contribution in [2.75, 3.05) is 19.7 Å². The minimum atomic E-state index is -0.321. The van der Waals surface area contributed by atoms with E-state index in [9.17, 15) is 9.59 Å². The molecule has 0 atom stereocenters. The summed E-state index contributed by atoms with van der Waals surface area (Å²) in [7, 11) is 0. The number of aromatic nitrogens is 1. The largest absolute Gasteiger partial charge is 0.493 e. The Morgan fingerprint density at radius 3 is 2.46 bits per heavy atom. The van der Waals surface area contributed by atoms with Crippen LogP contribution in [-0.4, -0.2) is 36.7 Å². The van der Waals surface area contributed by atoms with E-state index in [0.29, 0.717) is 38.3 Å². The van der Waals surface area contributed by atoms with E-state index in [4.69, 9.17) is 9.26 Å². The summed E-state index contributed by atoms with van der Waals surface area (Å²) in [6, 6.07) is 7.56. The van der Waals surface area contributed by atoms with E-state index in [1.165, 1.54) is 0 Å². The monoisotopic (exact) mass is 359 g/mol. The summed E-state index contributed by atoms with van der Waals surface area (Å²) in [6.45, 7) is 6.90. The van der Waals surface area contributed by atoms with Crippen LogP contribution >= 0.6 is 0 Å². The topological polar surface area (TPSA) is 93.5 Å². The fraction of sp³-hybridized carbons (Fsp3) is 0.421. The van der Waals surface area contributed by atoms with Gasteiger partial charge in [-0.3, -0.25) is 9.59 Å². The van der Waals surface area contributed by atoms with Crippen LogP contribution in [0, 0.1) is 20.8 Å². The van der Waals surface area contributed by atoms with Gasteiger partial charge < -0.3 is 19.9 Å². The Morgan fingerprint density at radius 1 is 1.12 bits per heavy atom. The Bertz CT molecular complexity index is 735. The van der Waals surface area contributed by atoms with E-state index in [-0.39, 0.29) is 17.5 Å². The van der Waals surface area contributed by atoms with Gasteiger partial charge in [-0.15, -0.1) is 0 Å². The fourth-order valence-corrected chi connectivity index (χ4v) is 2.46. The van der Waals surface area contributed by atoms with Crippen LogP contribution in [0.1, 0.15) is 40.2 Å². The second-order valence-corrected chi connectivity index (χ2v) is 6.10. The molecule has 26 heavy (non-hydrogen) atoms. The van der Waals surface area contributed by atoms with Crippen LogP contribution < -0.4 is 15.4 Å². The van der Waals surface area contributed by atoms with E-state index >= 15 is 0 Å². The van der Waals surface area contributed by atoms with Gasteiger partial charge in [0.2, 0.25) is 5.91 Å². The van der Waals surface area contributed by atoms with E-state index < -0.39 is 0 Å². The molecule has 0 saturated carbocycles. The van der Waals surface area contributed by atoms with Crippen LogP contribution in [0.4, 0.5) is 0 Å². The van der Waals surface area contributed by atoms with Crippen molar-refractivity contribution in [3.05, 3.63) is 46.8 Å². The molecule has 0 aliphatic rings. The molecule has 1 aromatic heterocycles. The number of rotatable bonds is 9. The number of benzene rings is 1. The number of nitrogens with zero attached hydrogens (tertiary/aromatic N) is 1. The Morgan fingerprint density at radius 2 is 1.81 bits per heavy atom. The molecule has 0 aliphatic heterocycles. The van der Waals surface area contributed by atoms with Crippen LogP contribution in [0.2, 0.25) is 0 Å². The predicted molar refractivity (Wildman–Crippen MR) is 97.2 cm³/mol. The van der Waals surface area contributed by atoms with Gasteiger partial charge in [-0.2, -0.15) is 0 Å². The number of carbonyl (C=O) groups is 2. The SMILES string of the molecule is Cc1cc(C(=O)NCCNC(=O)CCCOc2c(C)cccc2C)no1. The number of hydrogen-bond acceptors (Lipinski definition) is 5. The van der Waals surface area contributed by atoms with Gasteiger partial charge in [0.05, 0.1) is 6.61 Å². The van der Waals surface area contributed by atoms with Crippen LogP contribution in [0.15, 0.2) is 28.8 Å². The molecule has 2 N–H and O–H groups in total. The number of para-hydroxylation sites is 1. The molecule has 0 aliphatic carbocycles. The average molecular weight is 359 g/mol. The van der Waals surface area contributed by atoms with E-state index in [2.05, 4.69) is 15.8 Å². The zero-order valence-electron chi connectivity index (χ0n) is 15.4. The number of carbonyl (C=O) groups excluding carboxylic acids is 2. The predicted octanol–water partition coefficient (Wildman–Crippen LogP) is 2.31. The molecule has 140 valence electrons. The first kappa shape index (κ1) is 19.5. The molecule has 0 bridgehead atoms. The van der Waals surface area contributed by atoms with Crippen molar-refractivity contribution in [2.45, 2.75) is 33.6 Å². The van der Waals surface area contributed by atoms with Gasteiger partial charge >= 0.3 is 0 Å². The minimum absolute atomic E-state index is 0.0679. The molecule has 1 aromatic carbocycles. The maximum Gasteiger partial charge on any atom is 0.273 e. The van der Waals surface area contributed by atoms with Gasteiger partial charge in [0.1, 0.15) is 11.5 Å². The third-order valence-electron chi connectivity index (χ3n) is 3.80. The molecule has 0 fully saturated rings. The highest BCUT2D eigenvalue weighted by atomic mass is 16.5. The highest BCUT2D eigenvalue weighted by molar-refractivity contribution is 5.92. The molecule has 0 radical (unpaired) electrons. The van der Waals surface area contributed by atoms with Gasteiger partial charge in [0.25, 0.3) is 5.91 Å². The van der Waals surface area contributed by atoms with Gasteiger partial charge in [-0.05, 0) is 38.3 Å². The highest BCUT2D eigenvalue weighted by Crippen LogP contribution is 2.22. The molecule has 7 nitrogen and oxygen atoms in total. The number of hydrogen-bond donors (Lipinski definition) is 2. The Hall–Kier alpha value is -2.83. The lowest BCUT2D eigenvalue weighted by Crippen LogP contribution is -2.34. The molecular formula is C19H25N3O4. The molecule has 2 rings (SSSR count). The van der Waals surface area contributed by atoms with Crippen molar-refractivity contribution in [2.24, 2.45) is 0 Å². The number of ether oxygens (including phenoxy) is 1. The summed E-state index contributed by atoms with van der Waals surface area (Å²) in [6.07, 6.45) is 1.01. The minimum Gasteiger partial charge on any atom is -0.493 e. The lowest BCUT2D eigenvalue weighted by molar-refractivity contribution is -0.121. The van der Waals surface area contributed by atoms with Gasteiger partial charge in [0, 0.05) is 25.6 Å². The summed E-state index contributed by atoms with van der Waals surface area (Å²) in [5.74, 6) is 1.07. The zero-order valence-corrected chi connectivity index (χ0v) is 15.4. The summed E-state index contributed by atoms with van der Waals surface area (Å²) in [4.78, 5) is 23.5. The van der Waals surface area contributed by atoms with E-state index in [1.54, 1.807) is 13.0 Å². The van der Waals surface area contributed by atoms with Crippen molar-refractivity contribution in [3.8, 4) is 5.75 Å². The van der Waals surface area contributed by atoms with Crippen molar-refractivity contribution < 1.29 is 18.8 Å². The summed E-state index contributed by atoms with van der Waals surface area (Å²) >= 11 is 0. The number of aryl methyl sites for hydroxylation is 3. The molecule has 2 amide bonds. The quantitative estimate of drug-likeness (QED) is 0.670. The standard InChI is InChI=1S/C19H25N3O4/c1-13-6-4-7-14(2)18(13)25-11-5-8-17(23)20-9-10-21-19(24)16-12-15(3)26-22-16/h4,6-7,12H,5,8-11H2,1-3H3,(H,20,23)(H,21,24). The van der Waals surface area contributed by atoms with Gasteiger partial charge in [-0.1, -0.05) is 23.4 Å². The second kappa shape index (κ2) is 9.60. The molecule has 2 aromatic rings. The fourth-order valence-electron chi connectivity index (χ4n) is 2.46. The second-order valence-electron chi connectivity index (χ2n) is 6.10. The van der Waals surface area contributed by atoms with Gasteiger partial charge in [0.15, 0.2) is 5.69 Å². The first-order valence-electron chi connectivity index (χ1n) is 8.64. The molecule has 1 heterocycles. The third-order valence-corrected chi connectivity index (χ3v) is 3.80. The molecule has 7 heteroatoms. The summed E-state index contributed by atoms with van der Waals surface area (Å²) in [5.41, 5.74) is 2.41. The molecule has 0 saturated heterocycles. The zero-order chi connectivity index (χ0) is 18.9. The smallest absolute Gasteiger partial charge is 0.273 e. The summed E-state index contributed by atoms with van der Waals surface area (Å²) in [5, 5.41) is 9.06. The van der Waals surface area contributed by atoms with E-state index in [0.717, 1.165) is 16.9 Å². The van der Waals surface area contributed by atoms with Crippen molar-refractivity contribution in [3.63, 3.8) is 0 Å². The third kappa shape index (κ3) is 5.91. The normalized spacial score (nSPS) is 10.4. The van der Waals surface area contributed by atoms with Gasteiger partial charge in [-0.25, -0.2) is 0 Å². The van der Waals surface area contributed by atoms with Crippen molar-refractivity contribution in [1.82, 2.24) is 15.8 Å². The van der Waals surface area contributed by atoms with Crippen LogP contribution in [0.5, 0.6) is 5.75 Å². The maximum absolute atomic E-state index is 11.8. The van der Waals surface area contributed by atoms with Crippen molar-refractivity contribution >= 4 is 11.8 Å². The number of amides is 2. The Balaban J connectivity index is 1.57. The maximum atomic E-state index is 11.8. The lowest BCUT2D eigenvalue weighted by atomic mass is 10.1. The van der Waals surface area contributed by atoms with Crippen molar-refractivity contribution in [1.29, 1.82) is 0 Å². The van der Waals surface area contributed by atoms with Crippen LogP contribution in [0.25, 0.3) is 0 Å². The van der Waals surface area contributed by atoms with Crippen LogP contribution in [-0.2, 0) is 4.79 Å².